The molecule has 3 rings (SSSR count). The first-order valence-corrected chi connectivity index (χ1v) is 13.9. The summed E-state index contributed by atoms with van der Waals surface area (Å²) < 4.78 is 17.5. The molecule has 0 heterocycles. The summed E-state index contributed by atoms with van der Waals surface area (Å²) in [6, 6.07) is 24.9. The minimum Gasteiger partial charge on any atom is -0.494 e. The molecule has 4 nitrogen and oxygen atoms in total. The number of hydrogen-bond acceptors (Lipinski definition) is 4. The Morgan fingerprint density at radius 1 is 0.568 bits per heavy atom. The number of unbranched alkanes of at least 4 members (excludes halogenated alkanes) is 9. The molecule has 37 heavy (non-hydrogen) atoms. The normalized spacial score (nSPS) is 10.7. The van der Waals surface area contributed by atoms with Gasteiger partial charge in [0.25, 0.3) is 5.24 Å². The van der Waals surface area contributed by atoms with Crippen LogP contribution in [0.15, 0.2) is 78.9 Å². The van der Waals surface area contributed by atoms with Crippen LogP contribution in [0.3, 0.4) is 0 Å². The van der Waals surface area contributed by atoms with Gasteiger partial charge in [0.15, 0.2) is 0 Å². The molecular formula is C32H39ClO4. The molecular weight excluding hydrogens is 484 g/mol. The van der Waals surface area contributed by atoms with E-state index in [9.17, 15) is 4.79 Å². The highest BCUT2D eigenvalue weighted by atomic mass is 35.5. The average molecular weight is 523 g/mol. The van der Waals surface area contributed by atoms with Crippen LogP contribution in [0.1, 0.15) is 80.1 Å². The van der Waals surface area contributed by atoms with Crippen molar-refractivity contribution in [2.75, 3.05) is 13.2 Å². The van der Waals surface area contributed by atoms with Crippen LogP contribution in [0.2, 0.25) is 0 Å². The molecule has 3 aromatic rings. The number of benzene rings is 3. The lowest BCUT2D eigenvalue weighted by atomic mass is 10.1. The predicted octanol–water partition coefficient (Wildman–Crippen LogP) is 9.00. The average Bonchev–Trinajstić information content (AvgIpc) is 2.93. The van der Waals surface area contributed by atoms with Crippen LogP contribution in [0.5, 0.6) is 17.2 Å². The third-order valence-electron chi connectivity index (χ3n) is 6.21. The molecule has 0 amide bonds. The van der Waals surface area contributed by atoms with Gasteiger partial charge in [0.2, 0.25) is 0 Å². The van der Waals surface area contributed by atoms with Gasteiger partial charge in [0.1, 0.15) is 23.9 Å². The molecule has 0 aliphatic rings. The second-order valence-corrected chi connectivity index (χ2v) is 9.59. The Labute approximate surface area is 226 Å². The fourth-order valence-corrected chi connectivity index (χ4v) is 4.31. The summed E-state index contributed by atoms with van der Waals surface area (Å²) in [4.78, 5) is 11.5. The van der Waals surface area contributed by atoms with Gasteiger partial charge in [-0.2, -0.15) is 0 Å². The zero-order valence-electron chi connectivity index (χ0n) is 21.7. The first-order chi connectivity index (χ1) is 18.2. The lowest BCUT2D eigenvalue weighted by Crippen LogP contribution is -2.01. The van der Waals surface area contributed by atoms with Gasteiger partial charge < -0.3 is 14.2 Å². The van der Waals surface area contributed by atoms with Crippen molar-refractivity contribution in [2.45, 2.75) is 70.8 Å². The number of ether oxygens (including phenoxy) is 3. The van der Waals surface area contributed by atoms with Crippen molar-refractivity contribution in [1.82, 2.24) is 0 Å². The van der Waals surface area contributed by atoms with E-state index in [1.165, 1.54) is 51.4 Å². The van der Waals surface area contributed by atoms with Crippen molar-refractivity contribution in [3.8, 4) is 17.2 Å². The molecule has 3 aromatic carbocycles. The minimum absolute atomic E-state index is 0.347. The van der Waals surface area contributed by atoms with E-state index in [2.05, 4.69) is 0 Å². The molecule has 0 aliphatic heterocycles. The van der Waals surface area contributed by atoms with Crippen LogP contribution in [-0.2, 0) is 6.61 Å². The SMILES string of the molecule is O=C(Cl)c1ccccc1OCc1cccc(OCCCCCCCCCCCCOc2ccccc2)c1. The quantitative estimate of drug-likeness (QED) is 0.116. The molecule has 198 valence electrons. The first kappa shape index (κ1) is 28.6. The smallest absolute Gasteiger partial charge is 0.256 e. The maximum atomic E-state index is 11.5. The third-order valence-corrected chi connectivity index (χ3v) is 6.41. The lowest BCUT2D eigenvalue weighted by molar-refractivity contribution is 0.107. The Balaban J connectivity index is 1.16. The van der Waals surface area contributed by atoms with Gasteiger partial charge in [-0.15, -0.1) is 0 Å². The Morgan fingerprint density at radius 2 is 1.11 bits per heavy atom. The van der Waals surface area contributed by atoms with Crippen molar-refractivity contribution >= 4 is 16.8 Å². The Kier molecular flexibility index (Phi) is 13.5. The van der Waals surface area contributed by atoms with Gasteiger partial charge in [-0.05, 0) is 66.4 Å². The zero-order chi connectivity index (χ0) is 26.0. The predicted molar refractivity (Wildman–Crippen MR) is 151 cm³/mol. The van der Waals surface area contributed by atoms with E-state index < -0.39 is 5.24 Å². The second kappa shape index (κ2) is 17.5. The monoisotopic (exact) mass is 522 g/mol. The molecule has 0 aliphatic carbocycles. The maximum absolute atomic E-state index is 11.5. The van der Waals surface area contributed by atoms with Crippen molar-refractivity contribution in [1.29, 1.82) is 0 Å². The fourth-order valence-electron chi connectivity index (χ4n) is 4.16. The summed E-state index contributed by atoms with van der Waals surface area (Å²) in [7, 11) is 0. The Bertz CT molecular complexity index is 1040. The molecule has 0 bridgehead atoms. The fraction of sp³-hybridized carbons (Fsp3) is 0.406. The molecule has 0 saturated heterocycles. The minimum atomic E-state index is -0.520. The highest BCUT2D eigenvalue weighted by Gasteiger charge is 2.09. The zero-order valence-corrected chi connectivity index (χ0v) is 22.5. The molecule has 0 aromatic heterocycles. The molecule has 0 saturated carbocycles. The summed E-state index contributed by atoms with van der Waals surface area (Å²) in [5, 5.41) is -0.520. The summed E-state index contributed by atoms with van der Waals surface area (Å²) in [5.41, 5.74) is 1.36. The molecule has 0 radical (unpaired) electrons. The van der Waals surface area contributed by atoms with Crippen molar-refractivity contribution in [2.24, 2.45) is 0 Å². The van der Waals surface area contributed by atoms with E-state index in [0.29, 0.717) is 17.9 Å². The van der Waals surface area contributed by atoms with E-state index >= 15 is 0 Å². The largest absolute Gasteiger partial charge is 0.494 e. The van der Waals surface area contributed by atoms with Crippen LogP contribution in [-0.4, -0.2) is 18.5 Å². The summed E-state index contributed by atoms with van der Waals surface area (Å²) in [5.74, 6) is 2.30. The van der Waals surface area contributed by atoms with Crippen molar-refractivity contribution in [3.63, 3.8) is 0 Å². The number of carbonyl (C=O) groups excluding carboxylic acids is 1. The van der Waals surface area contributed by atoms with Crippen LogP contribution >= 0.6 is 11.6 Å². The summed E-state index contributed by atoms with van der Waals surface area (Å²) in [6.07, 6.45) is 12.5. The number of rotatable bonds is 19. The first-order valence-electron chi connectivity index (χ1n) is 13.5. The standard InChI is InChI=1S/C32H39ClO4/c33-32(34)30-21-12-13-22-31(30)37-26-27-17-16-20-29(25-27)36-24-15-8-6-4-2-1-3-5-7-14-23-35-28-18-10-9-11-19-28/h9-13,16-22,25H,1-8,14-15,23-24,26H2. The van der Waals surface area contributed by atoms with Crippen molar-refractivity contribution < 1.29 is 19.0 Å². The van der Waals surface area contributed by atoms with E-state index in [-0.39, 0.29) is 0 Å². The molecule has 5 heteroatoms. The molecule has 0 spiro atoms. The Morgan fingerprint density at radius 3 is 1.76 bits per heavy atom. The maximum Gasteiger partial charge on any atom is 0.256 e. The van der Waals surface area contributed by atoms with Gasteiger partial charge in [-0.25, -0.2) is 0 Å². The van der Waals surface area contributed by atoms with Crippen LogP contribution in [0, 0.1) is 0 Å². The van der Waals surface area contributed by atoms with Gasteiger partial charge in [0.05, 0.1) is 18.8 Å². The lowest BCUT2D eigenvalue weighted by Gasteiger charge is -2.11. The highest BCUT2D eigenvalue weighted by Crippen LogP contribution is 2.22. The van der Waals surface area contributed by atoms with Gasteiger partial charge in [0, 0.05) is 0 Å². The highest BCUT2D eigenvalue weighted by molar-refractivity contribution is 6.68. The Hall–Kier alpha value is -2.98. The van der Waals surface area contributed by atoms with E-state index in [0.717, 1.165) is 43.1 Å². The second-order valence-electron chi connectivity index (χ2n) is 9.25. The number of para-hydroxylation sites is 2. The van der Waals surface area contributed by atoms with Crippen LogP contribution in [0.4, 0.5) is 0 Å². The van der Waals surface area contributed by atoms with E-state index in [1.54, 1.807) is 18.2 Å². The number of halogens is 1. The van der Waals surface area contributed by atoms with Crippen LogP contribution < -0.4 is 14.2 Å². The number of hydrogen-bond donors (Lipinski definition) is 0. The third kappa shape index (κ3) is 11.7. The molecule has 0 atom stereocenters. The van der Waals surface area contributed by atoms with Crippen LogP contribution in [0.25, 0.3) is 0 Å². The van der Waals surface area contributed by atoms with Gasteiger partial charge in [-0.3, -0.25) is 4.79 Å². The number of carbonyl (C=O) groups is 1. The van der Waals surface area contributed by atoms with Gasteiger partial charge >= 0.3 is 0 Å². The topological polar surface area (TPSA) is 44.8 Å². The summed E-state index contributed by atoms with van der Waals surface area (Å²) in [6.45, 7) is 1.88. The van der Waals surface area contributed by atoms with Crippen molar-refractivity contribution in [3.05, 3.63) is 90.0 Å². The molecule has 0 N–H and O–H groups in total. The summed E-state index contributed by atoms with van der Waals surface area (Å²) >= 11 is 5.64. The van der Waals surface area contributed by atoms with E-state index in [1.807, 2.05) is 60.7 Å². The van der Waals surface area contributed by atoms with Gasteiger partial charge in [-0.1, -0.05) is 93.8 Å². The molecule has 0 fully saturated rings. The molecule has 0 unspecified atom stereocenters. The van der Waals surface area contributed by atoms with E-state index in [4.69, 9.17) is 25.8 Å².